The number of phenols is 3. The number of ether oxygens (including phenoxy) is 2. The Bertz CT molecular complexity index is 1730. The van der Waals surface area contributed by atoms with Crippen LogP contribution in [0.4, 0.5) is 0 Å². The minimum Gasteiger partial charge on any atom is -0.508 e. The van der Waals surface area contributed by atoms with Crippen LogP contribution in [0.3, 0.4) is 0 Å². The highest BCUT2D eigenvalue weighted by molar-refractivity contribution is 6.06. The summed E-state index contributed by atoms with van der Waals surface area (Å²) >= 11 is 0. The summed E-state index contributed by atoms with van der Waals surface area (Å²) in [7, 11) is 0. The molecule has 1 aliphatic heterocycles. The highest BCUT2D eigenvalue weighted by atomic mass is 16.5. The third kappa shape index (κ3) is 4.70. The second-order valence-electron chi connectivity index (χ2n) is 13.9. The lowest BCUT2D eigenvalue weighted by molar-refractivity contribution is -0.157. The van der Waals surface area contributed by atoms with Crippen molar-refractivity contribution in [3.63, 3.8) is 0 Å². The Morgan fingerprint density at radius 2 is 1.78 bits per heavy atom. The van der Waals surface area contributed by atoms with Crippen molar-refractivity contribution in [3.8, 4) is 17.2 Å². The number of carbonyl (C=O) groups is 2. The Kier molecular flexibility index (Phi) is 7.23. The summed E-state index contributed by atoms with van der Waals surface area (Å²) in [6, 6.07) is 8.72. The van der Waals surface area contributed by atoms with Crippen molar-refractivity contribution in [1.82, 2.24) is 0 Å². The Balaban J connectivity index is 0.000000147. The van der Waals surface area contributed by atoms with E-state index in [-0.39, 0.29) is 47.8 Å². The van der Waals surface area contributed by atoms with Gasteiger partial charge in [0.1, 0.15) is 24.1 Å². The van der Waals surface area contributed by atoms with Gasteiger partial charge in [-0.05, 0) is 115 Å². The molecule has 0 spiro atoms. The van der Waals surface area contributed by atoms with Gasteiger partial charge in [0, 0.05) is 29.4 Å². The van der Waals surface area contributed by atoms with Crippen LogP contribution in [0.1, 0.15) is 80.5 Å². The first kappa shape index (κ1) is 30.4. The minimum absolute atomic E-state index is 0.0348. The quantitative estimate of drug-likeness (QED) is 0.210. The predicted molar refractivity (Wildman–Crippen MR) is 168 cm³/mol. The zero-order valence-corrected chi connectivity index (χ0v) is 26.1. The molecule has 0 radical (unpaired) electrons. The molecule has 2 aromatic rings. The third-order valence-electron chi connectivity index (χ3n) is 11.4. The molecule has 2 saturated carbocycles. The first-order valence-corrected chi connectivity index (χ1v) is 16.3. The summed E-state index contributed by atoms with van der Waals surface area (Å²) < 4.78 is 11.2. The van der Waals surface area contributed by atoms with Crippen LogP contribution in [0.5, 0.6) is 17.2 Å². The topological polar surface area (TPSA) is 154 Å². The van der Waals surface area contributed by atoms with Crippen LogP contribution < -0.4 is 0 Å². The molecule has 5 aliphatic carbocycles. The number of aromatic hydroxyl groups is 3. The van der Waals surface area contributed by atoms with Gasteiger partial charge >= 0.3 is 5.97 Å². The predicted octanol–water partition coefficient (Wildman–Crippen LogP) is 5.65. The van der Waals surface area contributed by atoms with E-state index < -0.39 is 17.1 Å². The normalized spacial score (nSPS) is 31.8. The van der Waals surface area contributed by atoms with E-state index in [0.29, 0.717) is 52.2 Å². The van der Waals surface area contributed by atoms with Crippen molar-refractivity contribution in [2.75, 3.05) is 6.61 Å². The number of benzene rings is 2. The van der Waals surface area contributed by atoms with E-state index in [0.717, 1.165) is 19.3 Å². The number of fused-ring (bicyclic) bond motifs is 9. The van der Waals surface area contributed by atoms with Crippen LogP contribution in [0.2, 0.25) is 0 Å². The molecule has 0 amide bonds. The van der Waals surface area contributed by atoms with Crippen LogP contribution in [0, 0.1) is 17.3 Å². The number of aliphatic hydroxyl groups is 2. The van der Waals surface area contributed by atoms with Gasteiger partial charge in [0.25, 0.3) is 0 Å². The number of aryl methyl sites for hydroxylation is 1. The lowest BCUT2D eigenvalue weighted by Crippen LogP contribution is -2.45. The number of carbonyl (C=O) groups excluding carboxylic acids is 2. The van der Waals surface area contributed by atoms with Gasteiger partial charge < -0.3 is 35.0 Å². The molecular formula is C37H40O9. The molecule has 242 valence electrons. The van der Waals surface area contributed by atoms with Gasteiger partial charge in [0.15, 0.2) is 17.3 Å². The lowest BCUT2D eigenvalue weighted by Gasteiger charge is -2.50. The number of allylic oxidation sites excluding steroid dienone is 2. The second-order valence-corrected chi connectivity index (χ2v) is 13.9. The summed E-state index contributed by atoms with van der Waals surface area (Å²) in [5.74, 6) is 0.738. The van der Waals surface area contributed by atoms with Crippen LogP contribution in [0.25, 0.3) is 5.57 Å². The van der Waals surface area contributed by atoms with E-state index >= 15 is 0 Å². The average Bonchev–Trinajstić information content (AvgIpc) is 3.51. The molecule has 2 fully saturated rings. The highest BCUT2D eigenvalue weighted by Crippen LogP contribution is 2.61. The van der Waals surface area contributed by atoms with Gasteiger partial charge in [-0.25, -0.2) is 0 Å². The Morgan fingerprint density at radius 3 is 2.57 bits per heavy atom. The number of phenolic OH excluding ortho intramolecular Hbond substituents is 3. The number of aliphatic hydroxyl groups excluding tert-OH is 1. The van der Waals surface area contributed by atoms with Gasteiger partial charge in [-0.15, -0.1) is 0 Å². The van der Waals surface area contributed by atoms with Crippen molar-refractivity contribution in [3.05, 3.63) is 81.8 Å². The summed E-state index contributed by atoms with van der Waals surface area (Å²) in [5.41, 5.74) is 3.75. The fourth-order valence-corrected chi connectivity index (χ4v) is 9.22. The largest absolute Gasteiger partial charge is 0.508 e. The second kappa shape index (κ2) is 10.9. The van der Waals surface area contributed by atoms with Crippen LogP contribution in [0.15, 0.2) is 59.6 Å². The molecule has 46 heavy (non-hydrogen) atoms. The van der Waals surface area contributed by atoms with Gasteiger partial charge in [-0.2, -0.15) is 0 Å². The standard InChI is InChI=1S/C21H28O3.C16H12O6/c1-3-20(23)24-19-9-8-18-17-6-4-13-12-14(22)5-7-15(13)16(17)10-11-21(18,19)2;17-10-2-1-8-13-9-4-12(19)11(18)3-7(9)5-16(13,21)6-22-15(8)14(10)20/h5,7,12,16-19,22H,3-4,6,8-11H2,1-2H3;1-4,18-21H,5-6H2. The van der Waals surface area contributed by atoms with Crippen molar-refractivity contribution >= 4 is 17.3 Å². The minimum atomic E-state index is -1.33. The van der Waals surface area contributed by atoms with Crippen LogP contribution >= 0.6 is 0 Å². The molecule has 9 nitrogen and oxygen atoms in total. The first-order valence-electron chi connectivity index (χ1n) is 16.3. The van der Waals surface area contributed by atoms with E-state index in [4.69, 9.17) is 9.47 Å². The third-order valence-corrected chi connectivity index (χ3v) is 11.4. The van der Waals surface area contributed by atoms with Gasteiger partial charge in [0.2, 0.25) is 11.5 Å². The summed E-state index contributed by atoms with van der Waals surface area (Å²) in [5, 5.41) is 49.8. The fraction of sp³-hybridized carbons (Fsp3) is 0.459. The van der Waals surface area contributed by atoms with E-state index in [1.807, 2.05) is 19.1 Å². The van der Waals surface area contributed by atoms with Gasteiger partial charge in [-0.1, -0.05) is 19.9 Å². The molecule has 0 saturated heterocycles. The maximum Gasteiger partial charge on any atom is 0.305 e. The van der Waals surface area contributed by atoms with Crippen molar-refractivity contribution in [2.24, 2.45) is 17.3 Å². The summed E-state index contributed by atoms with van der Waals surface area (Å²) in [6.45, 7) is 4.12. The molecule has 8 rings (SSSR count). The molecule has 5 N–H and O–H groups in total. The maximum atomic E-state index is 11.8. The Labute approximate surface area is 267 Å². The molecule has 0 aromatic heterocycles. The molecule has 6 unspecified atom stereocenters. The lowest BCUT2D eigenvalue weighted by atomic mass is 9.55. The fourth-order valence-electron chi connectivity index (χ4n) is 9.22. The van der Waals surface area contributed by atoms with Gasteiger partial charge in [-0.3, -0.25) is 9.59 Å². The van der Waals surface area contributed by atoms with E-state index in [1.54, 1.807) is 0 Å². The average molecular weight is 629 g/mol. The summed E-state index contributed by atoms with van der Waals surface area (Å²) in [6.07, 6.45) is 10.3. The molecule has 0 bridgehead atoms. The van der Waals surface area contributed by atoms with E-state index in [1.165, 1.54) is 54.7 Å². The Morgan fingerprint density at radius 1 is 1.00 bits per heavy atom. The van der Waals surface area contributed by atoms with E-state index in [2.05, 4.69) is 13.0 Å². The molecule has 6 atom stereocenters. The van der Waals surface area contributed by atoms with Crippen molar-refractivity contribution in [1.29, 1.82) is 0 Å². The van der Waals surface area contributed by atoms with E-state index in [9.17, 15) is 35.1 Å². The maximum absolute atomic E-state index is 11.8. The number of hydrogen-bond donors (Lipinski definition) is 5. The smallest absolute Gasteiger partial charge is 0.305 e. The van der Waals surface area contributed by atoms with Crippen LogP contribution in [-0.2, 0) is 31.9 Å². The van der Waals surface area contributed by atoms with Crippen molar-refractivity contribution in [2.45, 2.75) is 82.8 Å². The molecule has 1 heterocycles. The summed E-state index contributed by atoms with van der Waals surface area (Å²) in [4.78, 5) is 23.3. The molecule has 2 aromatic carbocycles. The molecular weight excluding hydrogens is 588 g/mol. The molecule has 6 aliphatic rings. The Hall–Kier alpha value is -4.24. The number of esters is 1. The van der Waals surface area contributed by atoms with Crippen LogP contribution in [-0.4, -0.2) is 55.6 Å². The van der Waals surface area contributed by atoms with Crippen molar-refractivity contribution < 1.29 is 44.6 Å². The zero-order chi connectivity index (χ0) is 32.5. The number of hydrogen-bond acceptors (Lipinski definition) is 9. The monoisotopic (exact) mass is 628 g/mol. The van der Waals surface area contributed by atoms with Gasteiger partial charge in [0.05, 0.1) is 0 Å². The zero-order valence-electron chi connectivity index (χ0n) is 26.1. The highest BCUT2D eigenvalue weighted by Gasteiger charge is 2.56. The number of rotatable bonds is 2. The molecule has 9 heteroatoms. The first-order chi connectivity index (χ1) is 21.9. The number of ketones is 1. The SMILES string of the molecule is CCC(=O)OC1CCC2C3CCc4cc(O)ccc4C3CCC12C.O=C1C=CC2=C3c4cc(O)c(O)cc4CC3(O)COC2=C1O.